The molecule has 0 heterocycles. The molecule has 0 fully saturated rings. The number of unbranched alkanes of at least 4 members (excludes halogenated alkanes) is 3. The fraction of sp³-hybridized carbons (Fsp3) is 0.476. The van der Waals surface area contributed by atoms with E-state index >= 15 is 0 Å². The van der Waals surface area contributed by atoms with E-state index in [9.17, 15) is 4.79 Å². The smallest absolute Gasteiger partial charge is 0.338 e. The summed E-state index contributed by atoms with van der Waals surface area (Å²) < 4.78 is 4.98. The highest BCUT2D eigenvalue weighted by Crippen LogP contribution is 2.35. The Morgan fingerprint density at radius 1 is 1.08 bits per heavy atom. The van der Waals surface area contributed by atoms with E-state index < -0.39 is 0 Å². The summed E-state index contributed by atoms with van der Waals surface area (Å²) in [6.45, 7) is 4.58. The number of carbonyl (C=O) groups excluding carboxylic acids is 1. The molecule has 0 saturated heterocycles. The minimum absolute atomic E-state index is 0.264. The Kier molecular flexibility index (Phi) is 6.80. The van der Waals surface area contributed by atoms with Crippen molar-refractivity contribution in [1.29, 1.82) is 0 Å². The first-order chi connectivity index (χ1) is 11.6. The molecule has 0 spiro atoms. The number of esters is 1. The van der Waals surface area contributed by atoms with Crippen LogP contribution >= 0.6 is 0 Å². The third-order valence-corrected chi connectivity index (χ3v) is 4.53. The highest BCUT2D eigenvalue weighted by Gasteiger charge is 2.21. The monoisotopic (exact) mass is 328 g/mol. The van der Waals surface area contributed by atoms with Gasteiger partial charge in [0.1, 0.15) is 0 Å². The minimum atomic E-state index is -0.271. The van der Waals surface area contributed by atoms with Gasteiger partial charge in [-0.15, -0.1) is 0 Å². The molecule has 0 aromatic heterocycles. The van der Waals surface area contributed by atoms with Gasteiger partial charge in [-0.05, 0) is 53.5 Å². The molecule has 3 heteroatoms. The second kappa shape index (κ2) is 8.84. The molecule has 2 aliphatic carbocycles. The number of methoxy groups -OCH3 is 1. The maximum atomic E-state index is 12.2. The van der Waals surface area contributed by atoms with E-state index in [1.807, 2.05) is 6.07 Å². The molecule has 0 amide bonds. The molecule has 0 aromatic rings. The summed E-state index contributed by atoms with van der Waals surface area (Å²) in [5.74, 6) is 0.135. The third-order valence-electron chi connectivity index (χ3n) is 4.53. The number of aryl methyl sites for hydroxylation is 1. The van der Waals surface area contributed by atoms with Crippen LogP contribution in [-0.2, 0) is 11.2 Å². The zero-order valence-electron chi connectivity index (χ0n) is 15.0. The maximum Gasteiger partial charge on any atom is 0.338 e. The second-order valence-corrected chi connectivity index (χ2v) is 6.61. The number of aliphatic hydroxyl groups is 1. The van der Waals surface area contributed by atoms with Gasteiger partial charge in [0.2, 0.25) is 0 Å². The molecule has 0 saturated carbocycles. The maximum absolute atomic E-state index is 12.2. The Hall–Kier alpha value is -1.87. The molecule has 24 heavy (non-hydrogen) atoms. The standard InChI is InChI=1S/C21H28O3/c1-15(2)16-10-8-11-18-17(9-6-4-5-7-12-22)14-20(19(18)13-16)21(23)24-3/h8,10-11,13-15,22H,4-7,9,12H2,1-3H3. The van der Waals surface area contributed by atoms with Gasteiger partial charge < -0.3 is 9.84 Å². The lowest BCUT2D eigenvalue weighted by atomic mass is 10.0. The Labute approximate surface area is 145 Å². The summed E-state index contributed by atoms with van der Waals surface area (Å²) in [6, 6.07) is 10.4. The van der Waals surface area contributed by atoms with Gasteiger partial charge in [0, 0.05) is 6.61 Å². The molecular formula is C21H28O3. The molecule has 0 bridgehead atoms. The quantitative estimate of drug-likeness (QED) is 0.559. The van der Waals surface area contributed by atoms with Gasteiger partial charge in [-0.1, -0.05) is 51.0 Å². The SMILES string of the molecule is COC(=O)c1cc(CCCCCCO)c2cccc(C(C)C)cc1-2. The predicted molar refractivity (Wildman–Crippen MR) is 97.8 cm³/mol. The average molecular weight is 328 g/mol. The summed E-state index contributed by atoms with van der Waals surface area (Å²) in [4.78, 5) is 12.2. The van der Waals surface area contributed by atoms with Crippen molar-refractivity contribution in [1.82, 2.24) is 0 Å². The molecule has 0 atom stereocenters. The Morgan fingerprint density at radius 2 is 1.83 bits per heavy atom. The van der Waals surface area contributed by atoms with Crippen molar-refractivity contribution in [3.8, 4) is 11.1 Å². The van der Waals surface area contributed by atoms with Crippen LogP contribution in [0, 0.1) is 0 Å². The van der Waals surface area contributed by atoms with Crippen LogP contribution in [0.25, 0.3) is 11.1 Å². The highest BCUT2D eigenvalue weighted by atomic mass is 16.5. The van der Waals surface area contributed by atoms with Crippen molar-refractivity contribution in [3.63, 3.8) is 0 Å². The van der Waals surface area contributed by atoms with E-state index in [-0.39, 0.29) is 12.6 Å². The highest BCUT2D eigenvalue weighted by molar-refractivity contribution is 6.00. The van der Waals surface area contributed by atoms with Crippen molar-refractivity contribution >= 4 is 5.97 Å². The average Bonchev–Trinajstić information content (AvgIpc) is 2.76. The van der Waals surface area contributed by atoms with Gasteiger partial charge in [0.25, 0.3) is 0 Å². The number of aliphatic hydroxyl groups excluding tert-OH is 1. The first-order valence-corrected chi connectivity index (χ1v) is 8.83. The van der Waals surface area contributed by atoms with Gasteiger partial charge in [0.05, 0.1) is 12.7 Å². The van der Waals surface area contributed by atoms with Crippen LogP contribution in [-0.4, -0.2) is 24.8 Å². The van der Waals surface area contributed by atoms with E-state index in [0.29, 0.717) is 11.5 Å². The van der Waals surface area contributed by atoms with E-state index in [1.54, 1.807) is 0 Å². The van der Waals surface area contributed by atoms with Crippen molar-refractivity contribution in [2.45, 2.75) is 51.9 Å². The molecule has 0 aromatic carbocycles. The van der Waals surface area contributed by atoms with Crippen LogP contribution in [0.15, 0.2) is 30.3 Å². The first kappa shape index (κ1) is 18.5. The van der Waals surface area contributed by atoms with Crippen LogP contribution in [0.1, 0.15) is 66.9 Å². The molecule has 1 N–H and O–H groups in total. The zero-order valence-corrected chi connectivity index (χ0v) is 15.0. The summed E-state index contributed by atoms with van der Waals surface area (Å²) in [6.07, 6.45) is 5.01. The molecule has 0 unspecified atom stereocenters. The third kappa shape index (κ3) is 4.35. The largest absolute Gasteiger partial charge is 0.465 e. The zero-order chi connectivity index (χ0) is 17.5. The molecule has 0 aliphatic heterocycles. The van der Waals surface area contributed by atoms with Crippen LogP contribution < -0.4 is 0 Å². The lowest BCUT2D eigenvalue weighted by Crippen LogP contribution is -2.00. The summed E-state index contributed by atoms with van der Waals surface area (Å²) in [5, 5.41) is 8.86. The fourth-order valence-corrected chi connectivity index (χ4v) is 3.10. The second-order valence-electron chi connectivity index (χ2n) is 6.61. The van der Waals surface area contributed by atoms with Crippen molar-refractivity contribution in [2.24, 2.45) is 0 Å². The predicted octanol–water partition coefficient (Wildman–Crippen LogP) is 4.80. The summed E-state index contributed by atoms with van der Waals surface area (Å²) >= 11 is 0. The van der Waals surface area contributed by atoms with Crippen LogP contribution in [0.2, 0.25) is 0 Å². The van der Waals surface area contributed by atoms with E-state index in [2.05, 4.69) is 38.1 Å². The van der Waals surface area contributed by atoms with Gasteiger partial charge in [-0.25, -0.2) is 4.79 Å². The summed E-state index contributed by atoms with van der Waals surface area (Å²) in [7, 11) is 1.43. The van der Waals surface area contributed by atoms with Crippen molar-refractivity contribution < 1.29 is 14.6 Å². The fourth-order valence-electron chi connectivity index (χ4n) is 3.10. The van der Waals surface area contributed by atoms with Gasteiger partial charge in [0.15, 0.2) is 0 Å². The van der Waals surface area contributed by atoms with Crippen molar-refractivity contribution in [3.05, 3.63) is 47.0 Å². The van der Waals surface area contributed by atoms with Gasteiger partial charge in [-0.3, -0.25) is 0 Å². The number of hydrogen-bond acceptors (Lipinski definition) is 3. The molecule has 0 radical (unpaired) electrons. The Bertz CT molecular complexity index is 646. The lowest BCUT2D eigenvalue weighted by Gasteiger charge is -2.05. The molecule has 2 aliphatic rings. The van der Waals surface area contributed by atoms with Gasteiger partial charge in [-0.2, -0.15) is 0 Å². The molecular weight excluding hydrogens is 300 g/mol. The minimum Gasteiger partial charge on any atom is -0.465 e. The molecule has 2 rings (SSSR count). The normalized spacial score (nSPS) is 11.2. The molecule has 3 nitrogen and oxygen atoms in total. The topological polar surface area (TPSA) is 46.5 Å². The lowest BCUT2D eigenvalue weighted by molar-refractivity contribution is 0.0602. The Morgan fingerprint density at radius 3 is 2.50 bits per heavy atom. The van der Waals surface area contributed by atoms with Crippen LogP contribution in [0.5, 0.6) is 0 Å². The number of ether oxygens (including phenoxy) is 1. The van der Waals surface area contributed by atoms with Gasteiger partial charge >= 0.3 is 5.97 Å². The molecule has 130 valence electrons. The van der Waals surface area contributed by atoms with Crippen LogP contribution in [0.4, 0.5) is 0 Å². The van der Waals surface area contributed by atoms with E-state index in [4.69, 9.17) is 9.84 Å². The Balaban J connectivity index is 2.32. The van der Waals surface area contributed by atoms with Crippen LogP contribution in [0.3, 0.4) is 0 Å². The number of rotatable bonds is 8. The first-order valence-electron chi connectivity index (χ1n) is 8.83. The number of carbonyl (C=O) groups is 1. The van der Waals surface area contributed by atoms with Crippen molar-refractivity contribution in [2.75, 3.05) is 13.7 Å². The van der Waals surface area contributed by atoms with E-state index in [0.717, 1.165) is 43.2 Å². The number of fused-ring (bicyclic) bond motifs is 1. The summed E-state index contributed by atoms with van der Waals surface area (Å²) in [5.41, 5.74) is 5.22. The van der Waals surface area contributed by atoms with E-state index in [1.165, 1.54) is 18.2 Å². The number of hydrogen-bond donors (Lipinski definition) is 1.